The fourth-order valence-corrected chi connectivity index (χ4v) is 8.46. The average molecular weight is 831 g/mol. The van der Waals surface area contributed by atoms with Crippen LogP contribution in [-0.2, 0) is 32.2 Å². The molecule has 0 radical (unpaired) electrons. The smallest absolute Gasteiger partial charge is 0.411 e. The second kappa shape index (κ2) is 20.5. The van der Waals surface area contributed by atoms with Crippen LogP contribution in [-0.4, -0.2) is 179 Å². The highest BCUT2D eigenvalue weighted by molar-refractivity contribution is 5.87. The normalized spacial score (nSPS) is 22.6. The molecule has 5 aliphatic rings. The summed E-state index contributed by atoms with van der Waals surface area (Å²) in [6.07, 6.45) is 2.89. The third-order valence-electron chi connectivity index (χ3n) is 11.9. The number of hydrogen-bond acceptors (Lipinski definition) is 10. The molecule has 0 aromatic heterocycles. The molecule has 0 unspecified atom stereocenters. The molecular weight excluding hydrogens is 761 g/mol. The van der Waals surface area contributed by atoms with Gasteiger partial charge in [0.2, 0.25) is 11.8 Å². The van der Waals surface area contributed by atoms with Crippen molar-refractivity contribution in [3.05, 3.63) is 71.8 Å². The Hall–Kier alpha value is -4.24. The van der Waals surface area contributed by atoms with E-state index in [1.165, 1.54) is 30.4 Å². The monoisotopic (exact) mass is 831 g/mol. The largest absolute Gasteiger partial charge is 0.444 e. The fraction of sp³-hybridized carbons (Fsp3) is 0.652. The van der Waals surface area contributed by atoms with Gasteiger partial charge in [0.05, 0.1) is 0 Å². The zero-order chi connectivity index (χ0) is 42.9. The van der Waals surface area contributed by atoms with Crippen LogP contribution in [0.25, 0.3) is 0 Å². The van der Waals surface area contributed by atoms with Gasteiger partial charge in [-0.05, 0) is 65.5 Å². The molecule has 4 saturated heterocycles. The van der Waals surface area contributed by atoms with E-state index < -0.39 is 29.4 Å². The molecule has 5 fully saturated rings. The highest BCUT2D eigenvalue weighted by Gasteiger charge is 2.43. The van der Waals surface area contributed by atoms with Crippen molar-refractivity contribution in [3.63, 3.8) is 0 Å². The number of ether oxygens (including phenoxy) is 2. The molecule has 14 heteroatoms. The predicted molar refractivity (Wildman–Crippen MR) is 232 cm³/mol. The lowest BCUT2D eigenvalue weighted by Gasteiger charge is -2.47. The Balaban J connectivity index is 0.000000203. The minimum absolute atomic E-state index is 0.0115. The summed E-state index contributed by atoms with van der Waals surface area (Å²) >= 11 is 0. The average Bonchev–Trinajstić information content (AvgIpc) is 3.20. The molecule has 1 N–H and O–H groups in total. The Morgan fingerprint density at radius 1 is 0.583 bits per heavy atom. The Labute approximate surface area is 358 Å². The van der Waals surface area contributed by atoms with E-state index in [4.69, 9.17) is 9.47 Å². The van der Waals surface area contributed by atoms with E-state index in [9.17, 15) is 19.2 Å². The molecule has 60 heavy (non-hydrogen) atoms. The van der Waals surface area contributed by atoms with Gasteiger partial charge in [-0.25, -0.2) is 9.59 Å². The van der Waals surface area contributed by atoms with Gasteiger partial charge in [0.1, 0.15) is 23.3 Å². The van der Waals surface area contributed by atoms with Crippen molar-refractivity contribution in [1.82, 2.24) is 39.6 Å². The maximum Gasteiger partial charge on any atom is 0.411 e. The zero-order valence-electron chi connectivity index (χ0n) is 37.0. The number of amides is 4. The topological polar surface area (TPSA) is 121 Å². The number of nitrogens with one attached hydrogen (secondary N) is 1. The summed E-state index contributed by atoms with van der Waals surface area (Å²) in [5.74, 6) is 0.0802. The lowest BCUT2D eigenvalue weighted by molar-refractivity contribution is -0.142. The number of piperazine rings is 4. The maximum atomic E-state index is 13.6. The predicted octanol–water partition coefficient (Wildman–Crippen LogP) is 4.34. The van der Waals surface area contributed by atoms with Crippen LogP contribution in [0.4, 0.5) is 9.59 Å². The van der Waals surface area contributed by atoms with Crippen molar-refractivity contribution in [3.8, 4) is 0 Å². The van der Waals surface area contributed by atoms with Gasteiger partial charge >= 0.3 is 12.2 Å². The van der Waals surface area contributed by atoms with Crippen molar-refractivity contribution in [1.29, 1.82) is 0 Å². The second-order valence-corrected chi connectivity index (χ2v) is 18.8. The molecule has 14 nitrogen and oxygen atoms in total. The quantitative estimate of drug-likeness (QED) is 0.432. The summed E-state index contributed by atoms with van der Waals surface area (Å²) in [5.41, 5.74) is 1.44. The molecule has 0 bridgehead atoms. The lowest BCUT2D eigenvalue weighted by atomic mass is 9.90. The van der Waals surface area contributed by atoms with Gasteiger partial charge in [-0.2, -0.15) is 0 Å². The number of carbonyl (C=O) groups excluding carboxylic acids is 4. The van der Waals surface area contributed by atoms with Crippen LogP contribution in [0.3, 0.4) is 0 Å². The standard InChI is InChI=1S/C25H38N4O3.C21H32N4O3/c1-25(2,3)32-24(31)29-17-16-28(21-10-7-11-21)19-22(29)23(30)27-14-12-26(13-15-27)18-20-8-5-4-6-9-20;1-21(2,3)28-20(27)25-10-9-22-15-18(25)19(26)24-13-11-23(12-14-24)16-17-7-5-4-6-8-17/h4-6,8-9,21-22H,7,10-19H2,1-3H3;4-8,18,22H,9-16H2,1-3H3/t22-;18-/m11/s1. The highest BCUT2D eigenvalue weighted by Crippen LogP contribution is 2.28. The number of benzene rings is 2. The molecule has 7 rings (SSSR count). The van der Waals surface area contributed by atoms with Crippen LogP contribution in [0.2, 0.25) is 0 Å². The van der Waals surface area contributed by atoms with Crippen LogP contribution >= 0.6 is 0 Å². The van der Waals surface area contributed by atoms with Crippen molar-refractivity contribution in [2.75, 3.05) is 91.6 Å². The minimum atomic E-state index is -0.571. The van der Waals surface area contributed by atoms with Crippen molar-refractivity contribution < 1.29 is 28.7 Å². The summed E-state index contributed by atoms with van der Waals surface area (Å²) in [6.45, 7) is 22.7. The third-order valence-corrected chi connectivity index (χ3v) is 11.9. The molecule has 0 spiro atoms. The van der Waals surface area contributed by atoms with Gasteiger partial charge in [0.15, 0.2) is 0 Å². The number of hydrogen-bond donors (Lipinski definition) is 1. The van der Waals surface area contributed by atoms with Gasteiger partial charge in [0, 0.05) is 111 Å². The van der Waals surface area contributed by atoms with Crippen LogP contribution in [0.15, 0.2) is 60.7 Å². The van der Waals surface area contributed by atoms with Gasteiger partial charge in [-0.15, -0.1) is 0 Å². The molecule has 4 aliphatic heterocycles. The van der Waals surface area contributed by atoms with Crippen LogP contribution in [0.5, 0.6) is 0 Å². The Bertz CT molecular complexity index is 1700. The molecule has 1 aliphatic carbocycles. The Morgan fingerprint density at radius 2 is 1.03 bits per heavy atom. The van der Waals surface area contributed by atoms with Gasteiger partial charge in [-0.3, -0.25) is 34.1 Å². The molecule has 2 aromatic rings. The first-order valence-corrected chi connectivity index (χ1v) is 22.2. The fourth-order valence-electron chi connectivity index (χ4n) is 8.46. The number of carbonyl (C=O) groups is 4. The zero-order valence-corrected chi connectivity index (χ0v) is 37.0. The van der Waals surface area contributed by atoms with Gasteiger partial charge < -0.3 is 24.6 Å². The van der Waals surface area contributed by atoms with Crippen LogP contribution < -0.4 is 5.32 Å². The van der Waals surface area contributed by atoms with E-state index in [0.717, 1.165) is 45.8 Å². The molecule has 2 atom stereocenters. The SMILES string of the molecule is CC(C)(C)OC(=O)N1CCN(C2CCC2)C[C@@H]1C(=O)N1CCN(Cc2ccccc2)CC1.CC(C)(C)OC(=O)N1CCNC[C@@H]1C(=O)N1CCN(Cc2ccccc2)CC1. The van der Waals surface area contributed by atoms with E-state index in [2.05, 4.69) is 68.5 Å². The van der Waals surface area contributed by atoms with Crippen molar-refractivity contribution in [2.24, 2.45) is 0 Å². The van der Waals surface area contributed by atoms with E-state index in [1.54, 1.807) is 9.80 Å². The van der Waals surface area contributed by atoms with E-state index in [-0.39, 0.29) is 17.9 Å². The molecule has 4 heterocycles. The van der Waals surface area contributed by atoms with Crippen molar-refractivity contribution in [2.45, 2.75) is 103 Å². The third kappa shape index (κ3) is 12.9. The van der Waals surface area contributed by atoms with Gasteiger partial charge in [-0.1, -0.05) is 67.1 Å². The molecule has 1 saturated carbocycles. The van der Waals surface area contributed by atoms with Crippen molar-refractivity contribution >= 4 is 24.0 Å². The number of nitrogens with zero attached hydrogens (tertiary/aromatic N) is 7. The maximum absolute atomic E-state index is 13.6. The summed E-state index contributed by atoms with van der Waals surface area (Å²) < 4.78 is 11.2. The first-order valence-electron chi connectivity index (χ1n) is 22.2. The molecular formula is C46H70N8O6. The van der Waals surface area contributed by atoms with E-state index in [0.29, 0.717) is 64.9 Å². The summed E-state index contributed by atoms with van der Waals surface area (Å²) in [4.78, 5) is 66.5. The molecule has 330 valence electrons. The lowest BCUT2D eigenvalue weighted by Crippen LogP contribution is -2.64. The van der Waals surface area contributed by atoms with E-state index >= 15 is 0 Å². The summed E-state index contributed by atoms with van der Waals surface area (Å²) in [6, 6.07) is 20.5. The van der Waals surface area contributed by atoms with Crippen LogP contribution in [0.1, 0.15) is 71.9 Å². The first kappa shape index (κ1) is 45.3. The first-order chi connectivity index (χ1) is 28.6. The van der Waals surface area contributed by atoms with E-state index in [1.807, 2.05) is 63.5 Å². The Morgan fingerprint density at radius 3 is 1.47 bits per heavy atom. The Kier molecular flexibility index (Phi) is 15.5. The highest BCUT2D eigenvalue weighted by atomic mass is 16.6. The number of rotatable bonds is 7. The molecule has 4 amide bonds. The summed E-state index contributed by atoms with van der Waals surface area (Å²) in [7, 11) is 0. The van der Waals surface area contributed by atoms with Crippen LogP contribution in [0, 0.1) is 0 Å². The minimum Gasteiger partial charge on any atom is -0.444 e. The van der Waals surface area contributed by atoms with Gasteiger partial charge in [0.25, 0.3) is 0 Å². The summed E-state index contributed by atoms with van der Waals surface area (Å²) in [5, 5.41) is 3.24. The second-order valence-electron chi connectivity index (χ2n) is 18.8. The molecule has 2 aromatic carbocycles.